The van der Waals surface area contributed by atoms with Gasteiger partial charge in [0.25, 0.3) is 0 Å². The molecule has 4 aliphatic carbocycles. The van der Waals surface area contributed by atoms with Crippen molar-refractivity contribution in [1.82, 2.24) is 0 Å². The van der Waals surface area contributed by atoms with E-state index in [0.29, 0.717) is 30.1 Å². The van der Waals surface area contributed by atoms with Crippen molar-refractivity contribution in [2.75, 3.05) is 6.61 Å². The molecule has 25 heavy (non-hydrogen) atoms. The van der Waals surface area contributed by atoms with E-state index in [-0.39, 0.29) is 41.3 Å². The molecule has 0 heterocycles. The van der Waals surface area contributed by atoms with Crippen LogP contribution >= 0.6 is 0 Å². The maximum atomic E-state index is 12.3. The van der Waals surface area contributed by atoms with Crippen molar-refractivity contribution in [3.8, 4) is 0 Å². The van der Waals surface area contributed by atoms with Gasteiger partial charge in [-0.15, -0.1) is 0 Å². The second-order valence-electron chi connectivity index (χ2n) is 10.0. The van der Waals surface area contributed by atoms with Gasteiger partial charge in [-0.3, -0.25) is 4.79 Å². The SMILES string of the molecule is C[C@]12C[C@H](O)C3C(CC[C@@H]4C[C@H](O)CC[C@]34C)C1CC[C@@H]2C(=O)CO. The number of carbonyl (C=O) groups excluding carboxylic acids is 1. The normalized spacial score (nSPS) is 55.2. The minimum absolute atomic E-state index is 0.0312. The second-order valence-corrected chi connectivity index (χ2v) is 10.0. The monoisotopic (exact) mass is 350 g/mol. The van der Waals surface area contributed by atoms with Crippen LogP contribution in [0.5, 0.6) is 0 Å². The standard InChI is InChI=1S/C21H34O4/c1-20-8-7-13(23)9-12(20)3-4-14-15-5-6-16(18(25)11-22)21(15,2)10-17(24)19(14)20/h12-17,19,22-24H,3-11H2,1-2H3/t12-,13-,14?,15?,16-,17+,19?,20+,21+/m1/s1. The summed E-state index contributed by atoms with van der Waals surface area (Å²) in [6.45, 7) is 4.19. The van der Waals surface area contributed by atoms with Gasteiger partial charge in [-0.1, -0.05) is 13.8 Å². The molecular formula is C21H34O4. The highest BCUT2D eigenvalue weighted by molar-refractivity contribution is 5.83. The quantitative estimate of drug-likeness (QED) is 0.715. The molecule has 142 valence electrons. The Morgan fingerprint density at radius 1 is 1.04 bits per heavy atom. The van der Waals surface area contributed by atoms with Gasteiger partial charge < -0.3 is 15.3 Å². The summed E-state index contributed by atoms with van der Waals surface area (Å²) < 4.78 is 0. The summed E-state index contributed by atoms with van der Waals surface area (Å²) in [6, 6.07) is 0. The molecule has 0 spiro atoms. The fourth-order valence-electron chi connectivity index (χ4n) is 8.00. The zero-order chi connectivity index (χ0) is 18.0. The summed E-state index contributed by atoms with van der Waals surface area (Å²) in [4.78, 5) is 12.3. The van der Waals surface area contributed by atoms with Crippen molar-refractivity contribution in [2.24, 2.45) is 40.4 Å². The molecule has 3 N–H and O–H groups in total. The van der Waals surface area contributed by atoms with Gasteiger partial charge in [0.15, 0.2) is 5.78 Å². The highest BCUT2D eigenvalue weighted by Crippen LogP contribution is 2.67. The van der Waals surface area contributed by atoms with Crippen LogP contribution in [0.25, 0.3) is 0 Å². The first-order chi connectivity index (χ1) is 11.8. The van der Waals surface area contributed by atoms with Crippen molar-refractivity contribution in [1.29, 1.82) is 0 Å². The molecule has 4 heteroatoms. The minimum atomic E-state index is -0.366. The van der Waals surface area contributed by atoms with Gasteiger partial charge in [-0.05, 0) is 85.9 Å². The summed E-state index contributed by atoms with van der Waals surface area (Å²) in [7, 11) is 0. The number of hydrogen-bond donors (Lipinski definition) is 3. The summed E-state index contributed by atoms with van der Waals surface area (Å²) in [5.74, 6) is 1.69. The molecular weight excluding hydrogens is 316 g/mol. The van der Waals surface area contributed by atoms with E-state index in [9.17, 15) is 20.1 Å². The summed E-state index contributed by atoms with van der Waals surface area (Å²) >= 11 is 0. The number of Topliss-reactive ketones (excluding diaryl/α,β-unsaturated/α-hetero) is 1. The first kappa shape index (κ1) is 17.9. The Hall–Kier alpha value is -0.450. The Balaban J connectivity index is 1.65. The first-order valence-corrected chi connectivity index (χ1v) is 10.3. The number of aliphatic hydroxyl groups excluding tert-OH is 3. The molecule has 0 aliphatic heterocycles. The lowest BCUT2D eigenvalue weighted by molar-refractivity contribution is -0.179. The molecule has 4 saturated carbocycles. The number of fused-ring (bicyclic) bond motifs is 5. The number of carbonyl (C=O) groups is 1. The topological polar surface area (TPSA) is 77.8 Å². The molecule has 0 aromatic carbocycles. The van der Waals surface area contributed by atoms with Crippen LogP contribution in [0.3, 0.4) is 0 Å². The lowest BCUT2D eigenvalue weighted by Gasteiger charge is -2.62. The smallest absolute Gasteiger partial charge is 0.161 e. The zero-order valence-corrected chi connectivity index (χ0v) is 15.7. The van der Waals surface area contributed by atoms with Crippen molar-refractivity contribution in [3.05, 3.63) is 0 Å². The maximum absolute atomic E-state index is 12.3. The predicted molar refractivity (Wildman–Crippen MR) is 94.7 cm³/mol. The van der Waals surface area contributed by atoms with E-state index in [0.717, 1.165) is 44.9 Å². The van der Waals surface area contributed by atoms with E-state index in [4.69, 9.17) is 0 Å². The van der Waals surface area contributed by atoms with Crippen LogP contribution in [0.2, 0.25) is 0 Å². The Morgan fingerprint density at radius 3 is 2.52 bits per heavy atom. The van der Waals surface area contributed by atoms with Crippen LogP contribution in [0.4, 0.5) is 0 Å². The number of aliphatic hydroxyl groups is 3. The lowest BCUT2D eigenvalue weighted by atomic mass is 9.44. The van der Waals surface area contributed by atoms with Gasteiger partial charge in [0.2, 0.25) is 0 Å². The van der Waals surface area contributed by atoms with Crippen molar-refractivity contribution < 1.29 is 20.1 Å². The molecule has 0 bridgehead atoms. The van der Waals surface area contributed by atoms with Crippen LogP contribution in [0.15, 0.2) is 0 Å². The fourth-order valence-corrected chi connectivity index (χ4v) is 8.00. The largest absolute Gasteiger partial charge is 0.393 e. The molecule has 0 amide bonds. The van der Waals surface area contributed by atoms with Gasteiger partial charge in [0.1, 0.15) is 6.61 Å². The van der Waals surface area contributed by atoms with E-state index >= 15 is 0 Å². The molecule has 4 aliphatic rings. The Bertz CT molecular complexity index is 548. The van der Waals surface area contributed by atoms with Gasteiger partial charge >= 0.3 is 0 Å². The molecule has 0 aromatic rings. The third-order valence-corrected chi connectivity index (χ3v) is 9.11. The van der Waals surface area contributed by atoms with Crippen molar-refractivity contribution in [2.45, 2.75) is 77.4 Å². The molecule has 4 rings (SSSR count). The van der Waals surface area contributed by atoms with Crippen LogP contribution in [-0.2, 0) is 4.79 Å². The van der Waals surface area contributed by atoms with Crippen molar-refractivity contribution in [3.63, 3.8) is 0 Å². The van der Waals surface area contributed by atoms with Gasteiger partial charge in [0, 0.05) is 5.92 Å². The Labute approximate surface area is 151 Å². The Kier molecular flexibility index (Phi) is 4.33. The minimum Gasteiger partial charge on any atom is -0.393 e. The van der Waals surface area contributed by atoms with Crippen molar-refractivity contribution >= 4 is 5.78 Å². The summed E-state index contributed by atoms with van der Waals surface area (Å²) in [5, 5.41) is 30.7. The fraction of sp³-hybridized carbons (Fsp3) is 0.952. The maximum Gasteiger partial charge on any atom is 0.161 e. The third-order valence-electron chi connectivity index (χ3n) is 9.11. The average Bonchev–Trinajstić information content (AvgIpc) is 2.91. The van der Waals surface area contributed by atoms with Gasteiger partial charge in [-0.25, -0.2) is 0 Å². The van der Waals surface area contributed by atoms with Crippen LogP contribution in [-0.4, -0.2) is 39.9 Å². The van der Waals surface area contributed by atoms with Crippen LogP contribution in [0, 0.1) is 40.4 Å². The van der Waals surface area contributed by atoms with Crippen LogP contribution < -0.4 is 0 Å². The molecule has 0 aromatic heterocycles. The molecule has 4 nitrogen and oxygen atoms in total. The number of hydrogen-bond acceptors (Lipinski definition) is 4. The first-order valence-electron chi connectivity index (χ1n) is 10.3. The second kappa shape index (κ2) is 6.03. The molecule has 0 radical (unpaired) electrons. The van der Waals surface area contributed by atoms with Gasteiger partial charge in [0.05, 0.1) is 12.2 Å². The summed E-state index contributed by atoms with van der Waals surface area (Å²) in [5.41, 5.74) is -0.0280. The Morgan fingerprint density at radius 2 is 1.80 bits per heavy atom. The van der Waals surface area contributed by atoms with Crippen LogP contribution in [0.1, 0.15) is 65.2 Å². The molecule has 4 fully saturated rings. The van der Waals surface area contributed by atoms with E-state index in [1.807, 2.05) is 0 Å². The highest BCUT2D eigenvalue weighted by atomic mass is 16.3. The van der Waals surface area contributed by atoms with E-state index < -0.39 is 0 Å². The lowest BCUT2D eigenvalue weighted by Crippen LogP contribution is -2.59. The van der Waals surface area contributed by atoms with E-state index in [1.165, 1.54) is 0 Å². The van der Waals surface area contributed by atoms with E-state index in [1.54, 1.807) is 0 Å². The third kappa shape index (κ3) is 2.47. The highest BCUT2D eigenvalue weighted by Gasteiger charge is 2.63. The average molecular weight is 350 g/mol. The van der Waals surface area contributed by atoms with E-state index in [2.05, 4.69) is 13.8 Å². The van der Waals surface area contributed by atoms with Gasteiger partial charge in [-0.2, -0.15) is 0 Å². The predicted octanol–water partition coefficient (Wildman–Crippen LogP) is 2.54. The molecule has 3 unspecified atom stereocenters. The summed E-state index contributed by atoms with van der Waals surface area (Å²) in [6.07, 6.45) is 7.12. The number of rotatable bonds is 2. The number of ketones is 1. The molecule has 9 atom stereocenters. The zero-order valence-electron chi connectivity index (χ0n) is 15.7. The molecule has 0 saturated heterocycles.